The monoisotopic (exact) mass is 432 g/mol. The van der Waals surface area contributed by atoms with E-state index in [0.29, 0.717) is 0 Å². The molecule has 0 atom stereocenters. The second-order valence-electron chi connectivity index (χ2n) is 6.33. The van der Waals surface area contributed by atoms with Gasteiger partial charge in [0, 0.05) is 0 Å². The summed E-state index contributed by atoms with van der Waals surface area (Å²) in [7, 11) is 0. The molecular formula is C18H22O4Te. The Labute approximate surface area is 142 Å². The van der Waals surface area contributed by atoms with Gasteiger partial charge in [0.05, 0.1) is 0 Å². The molecule has 2 rings (SSSR count). The molecule has 1 aromatic rings. The molecule has 0 spiro atoms. The normalized spacial score (nSPS) is 17.3. The Hall–Kier alpha value is -1.57. The van der Waals surface area contributed by atoms with Gasteiger partial charge in [-0.3, -0.25) is 0 Å². The first-order chi connectivity index (χ1) is 10.7. The van der Waals surface area contributed by atoms with Crippen LogP contribution in [-0.4, -0.2) is 30.9 Å². The summed E-state index contributed by atoms with van der Waals surface area (Å²) in [5.41, 5.74) is 0.625. The fraction of sp³-hybridized carbons (Fsp3) is 0.333. The number of allylic oxidation sites excluding steroid dienone is 3. The SMILES string of the molecule is CC(=O)O[Te]1(OC(C)=O)C(C(C)(C)C)=CC=Cc2ccccc21. The molecule has 4 nitrogen and oxygen atoms in total. The zero-order chi connectivity index (χ0) is 17.3. The van der Waals surface area contributed by atoms with Gasteiger partial charge in [-0.05, 0) is 0 Å². The molecule has 1 aromatic carbocycles. The fourth-order valence-electron chi connectivity index (χ4n) is 2.49. The van der Waals surface area contributed by atoms with Crippen molar-refractivity contribution in [2.45, 2.75) is 34.6 Å². The van der Waals surface area contributed by atoms with Gasteiger partial charge in [0.2, 0.25) is 0 Å². The Morgan fingerprint density at radius 3 is 2.09 bits per heavy atom. The minimum atomic E-state index is -4.14. The van der Waals surface area contributed by atoms with E-state index in [-0.39, 0.29) is 5.41 Å². The molecule has 1 aliphatic rings. The molecule has 0 unspecified atom stereocenters. The van der Waals surface area contributed by atoms with Gasteiger partial charge in [0.1, 0.15) is 0 Å². The summed E-state index contributed by atoms with van der Waals surface area (Å²) < 4.78 is 13.4. The van der Waals surface area contributed by atoms with Gasteiger partial charge >= 0.3 is 142 Å². The molecule has 124 valence electrons. The number of benzene rings is 1. The maximum atomic E-state index is 11.9. The average Bonchev–Trinajstić information content (AvgIpc) is 2.55. The molecule has 0 bridgehead atoms. The molecule has 0 radical (unpaired) electrons. The van der Waals surface area contributed by atoms with E-state index in [1.54, 1.807) is 0 Å². The molecule has 1 heterocycles. The molecule has 0 aromatic heterocycles. The summed E-state index contributed by atoms with van der Waals surface area (Å²) in [5, 5.41) is 0. The van der Waals surface area contributed by atoms with Crippen molar-refractivity contribution in [3.8, 4) is 0 Å². The van der Waals surface area contributed by atoms with Gasteiger partial charge in [-0.1, -0.05) is 0 Å². The van der Waals surface area contributed by atoms with Gasteiger partial charge in [-0.15, -0.1) is 0 Å². The Bertz CT molecular complexity index is 679. The standard InChI is InChI=1S/C18H22O4Te/c1-13(19)21-23(22-14(2)20)16-11-7-6-9-15(16)10-8-12-17(23)18(3,4)5/h6-12H,1-5H3. The van der Waals surface area contributed by atoms with Crippen LogP contribution >= 0.6 is 0 Å². The van der Waals surface area contributed by atoms with E-state index in [1.807, 2.05) is 63.3 Å². The summed E-state index contributed by atoms with van der Waals surface area (Å²) in [6.45, 7) is 8.83. The van der Waals surface area contributed by atoms with Crippen LogP contribution < -0.4 is 3.61 Å². The minimum absolute atomic E-state index is 0.298. The summed E-state index contributed by atoms with van der Waals surface area (Å²) in [6, 6.07) is 7.64. The molecule has 0 amide bonds. The Morgan fingerprint density at radius 2 is 1.57 bits per heavy atom. The van der Waals surface area contributed by atoms with Crippen LogP contribution in [0.5, 0.6) is 0 Å². The molecule has 0 saturated heterocycles. The fourth-order valence-corrected chi connectivity index (χ4v) is 11.2. The molecule has 1 aliphatic heterocycles. The van der Waals surface area contributed by atoms with Crippen molar-refractivity contribution in [2.24, 2.45) is 5.41 Å². The summed E-state index contributed by atoms with van der Waals surface area (Å²) in [4.78, 5) is 23.8. The summed E-state index contributed by atoms with van der Waals surface area (Å²) >= 11 is -4.14. The van der Waals surface area contributed by atoms with Crippen LogP contribution in [-0.2, 0) is 15.8 Å². The van der Waals surface area contributed by atoms with Crippen molar-refractivity contribution in [1.82, 2.24) is 0 Å². The second-order valence-corrected chi connectivity index (χ2v) is 12.7. The number of hydrogen-bond acceptors (Lipinski definition) is 4. The molecule has 23 heavy (non-hydrogen) atoms. The van der Waals surface area contributed by atoms with Gasteiger partial charge in [-0.2, -0.15) is 0 Å². The summed E-state index contributed by atoms with van der Waals surface area (Å²) in [6.07, 6.45) is 5.83. The number of rotatable bonds is 2. The van der Waals surface area contributed by atoms with Crippen LogP contribution in [0.25, 0.3) is 6.08 Å². The van der Waals surface area contributed by atoms with Crippen LogP contribution in [0.2, 0.25) is 0 Å². The third kappa shape index (κ3) is 3.68. The predicted octanol–water partition coefficient (Wildman–Crippen LogP) is 3.00. The number of hydrogen-bond donors (Lipinski definition) is 0. The van der Waals surface area contributed by atoms with Gasteiger partial charge in [0.15, 0.2) is 0 Å². The van der Waals surface area contributed by atoms with Crippen LogP contribution in [0.4, 0.5) is 0 Å². The zero-order valence-electron chi connectivity index (χ0n) is 14.1. The quantitative estimate of drug-likeness (QED) is 0.678. The molecule has 0 saturated carbocycles. The average molecular weight is 430 g/mol. The molecular weight excluding hydrogens is 408 g/mol. The first-order valence-corrected chi connectivity index (χ1v) is 11.6. The van der Waals surface area contributed by atoms with Crippen LogP contribution in [0.15, 0.2) is 40.0 Å². The van der Waals surface area contributed by atoms with E-state index >= 15 is 0 Å². The van der Waals surface area contributed by atoms with Crippen molar-refractivity contribution >= 4 is 40.6 Å². The molecule has 0 aliphatic carbocycles. The van der Waals surface area contributed by atoms with Gasteiger partial charge < -0.3 is 0 Å². The van der Waals surface area contributed by atoms with Gasteiger partial charge in [0.25, 0.3) is 0 Å². The van der Waals surface area contributed by atoms with Crippen molar-refractivity contribution in [3.63, 3.8) is 0 Å². The Kier molecular flexibility index (Phi) is 5.03. The first-order valence-electron chi connectivity index (χ1n) is 7.38. The number of carbonyl (C=O) groups excluding carboxylic acids is 2. The topological polar surface area (TPSA) is 52.6 Å². The van der Waals surface area contributed by atoms with E-state index < -0.39 is 30.9 Å². The third-order valence-electron chi connectivity index (χ3n) is 3.23. The molecule has 0 fully saturated rings. The number of fused-ring (bicyclic) bond motifs is 1. The second kappa shape index (κ2) is 6.51. The number of carbonyl (C=O) groups is 2. The third-order valence-corrected chi connectivity index (χ3v) is 12.4. The Morgan fingerprint density at radius 1 is 1.00 bits per heavy atom. The first kappa shape index (κ1) is 17.8. The van der Waals surface area contributed by atoms with Crippen LogP contribution in [0, 0.1) is 5.41 Å². The van der Waals surface area contributed by atoms with Gasteiger partial charge in [-0.25, -0.2) is 0 Å². The predicted molar refractivity (Wildman–Crippen MR) is 91.9 cm³/mol. The van der Waals surface area contributed by atoms with E-state index in [4.69, 9.17) is 6.20 Å². The van der Waals surface area contributed by atoms with E-state index in [1.165, 1.54) is 13.8 Å². The van der Waals surface area contributed by atoms with Crippen LogP contribution in [0.1, 0.15) is 40.2 Å². The van der Waals surface area contributed by atoms with E-state index in [2.05, 4.69) is 0 Å². The molecule has 5 heteroatoms. The van der Waals surface area contributed by atoms with E-state index in [9.17, 15) is 9.59 Å². The summed E-state index contributed by atoms with van der Waals surface area (Å²) in [5.74, 6) is -0.862. The van der Waals surface area contributed by atoms with E-state index in [0.717, 1.165) is 12.8 Å². The molecule has 0 N–H and O–H groups in total. The van der Waals surface area contributed by atoms with Crippen molar-refractivity contribution in [1.29, 1.82) is 0 Å². The van der Waals surface area contributed by atoms with Crippen molar-refractivity contribution in [3.05, 3.63) is 45.6 Å². The van der Waals surface area contributed by atoms with Crippen LogP contribution in [0.3, 0.4) is 0 Å². The maximum absolute atomic E-state index is 11.9. The Balaban J connectivity index is 2.81. The zero-order valence-corrected chi connectivity index (χ0v) is 16.4. The van der Waals surface area contributed by atoms with Crippen molar-refractivity contribution in [2.75, 3.05) is 0 Å². The van der Waals surface area contributed by atoms with Crippen molar-refractivity contribution < 1.29 is 15.8 Å².